The number of hydrogen-bond acceptors (Lipinski definition) is 2. The minimum atomic E-state index is -0.656. The molecular formula is C17H24FNO2. The molecule has 1 aliphatic heterocycles. The number of hydrogen-bond donors (Lipinski definition) is 1. The number of rotatable bonds is 1. The highest BCUT2D eigenvalue weighted by atomic mass is 19.1. The highest BCUT2D eigenvalue weighted by Gasteiger charge is 2.29. The molecule has 1 saturated heterocycles. The van der Waals surface area contributed by atoms with Crippen molar-refractivity contribution in [1.82, 2.24) is 4.90 Å². The molecular weight excluding hydrogens is 269 g/mol. The molecule has 1 aromatic carbocycles. The second-order valence-electron chi connectivity index (χ2n) is 6.95. The topological polar surface area (TPSA) is 40.5 Å². The van der Waals surface area contributed by atoms with E-state index in [9.17, 15) is 14.3 Å². The van der Waals surface area contributed by atoms with E-state index in [0.717, 1.165) is 25.3 Å². The fraction of sp³-hybridized carbons (Fsp3) is 0.588. The maximum absolute atomic E-state index is 13.8. The van der Waals surface area contributed by atoms with E-state index in [2.05, 4.69) is 20.8 Å². The van der Waals surface area contributed by atoms with E-state index >= 15 is 0 Å². The van der Waals surface area contributed by atoms with Crippen LogP contribution in [0.4, 0.5) is 4.39 Å². The van der Waals surface area contributed by atoms with E-state index in [4.69, 9.17) is 0 Å². The Morgan fingerprint density at radius 2 is 2.00 bits per heavy atom. The monoisotopic (exact) mass is 293 g/mol. The van der Waals surface area contributed by atoms with Crippen molar-refractivity contribution in [1.29, 1.82) is 0 Å². The van der Waals surface area contributed by atoms with Gasteiger partial charge in [0.15, 0.2) is 0 Å². The Bertz CT molecular complexity index is 522. The first-order valence-corrected chi connectivity index (χ1v) is 7.57. The van der Waals surface area contributed by atoms with Crippen molar-refractivity contribution in [3.05, 3.63) is 29.6 Å². The number of carbonyl (C=O) groups excluding carboxylic acids is 1. The van der Waals surface area contributed by atoms with Gasteiger partial charge in [0.25, 0.3) is 5.91 Å². The summed E-state index contributed by atoms with van der Waals surface area (Å²) in [4.78, 5) is 14.2. The number of carbonyl (C=O) groups is 1. The molecule has 1 aromatic rings. The van der Waals surface area contributed by atoms with E-state index in [1.54, 1.807) is 4.90 Å². The minimum absolute atomic E-state index is 0.0435. The lowest BCUT2D eigenvalue weighted by atomic mass is 9.77. The minimum Gasteiger partial charge on any atom is -0.508 e. The summed E-state index contributed by atoms with van der Waals surface area (Å²) in [7, 11) is 0. The van der Waals surface area contributed by atoms with Crippen molar-refractivity contribution >= 4 is 5.91 Å². The largest absolute Gasteiger partial charge is 0.508 e. The maximum Gasteiger partial charge on any atom is 0.256 e. The van der Waals surface area contributed by atoms with E-state index in [-0.39, 0.29) is 22.6 Å². The van der Waals surface area contributed by atoms with Gasteiger partial charge in [-0.3, -0.25) is 4.79 Å². The molecule has 116 valence electrons. The molecule has 0 aliphatic carbocycles. The number of likely N-dealkylation sites (tertiary alicyclic amines) is 1. The van der Waals surface area contributed by atoms with Crippen molar-refractivity contribution in [2.75, 3.05) is 13.1 Å². The molecule has 1 fully saturated rings. The highest BCUT2D eigenvalue weighted by molar-refractivity contribution is 5.94. The average molecular weight is 293 g/mol. The summed E-state index contributed by atoms with van der Waals surface area (Å²) in [5.74, 6) is -0.508. The molecule has 21 heavy (non-hydrogen) atoms. The van der Waals surface area contributed by atoms with Crippen LogP contribution in [0.1, 0.15) is 50.4 Å². The van der Waals surface area contributed by atoms with Crippen LogP contribution >= 0.6 is 0 Å². The zero-order valence-corrected chi connectivity index (χ0v) is 13.0. The van der Waals surface area contributed by atoms with Crippen LogP contribution in [0.5, 0.6) is 5.75 Å². The van der Waals surface area contributed by atoms with Gasteiger partial charge in [-0.15, -0.1) is 0 Å². The number of benzene rings is 1. The Hall–Kier alpha value is -1.58. The SMILES string of the molecule is CC(C)(C)C1CCCN(C(=O)c2ccc(O)cc2F)CC1. The fourth-order valence-corrected chi connectivity index (χ4v) is 3.01. The summed E-state index contributed by atoms with van der Waals surface area (Å²) >= 11 is 0. The third-order valence-electron chi connectivity index (χ3n) is 4.42. The molecule has 1 N–H and O–H groups in total. The number of amides is 1. The Labute approximate surface area is 125 Å². The molecule has 1 heterocycles. The molecule has 1 amide bonds. The first-order chi connectivity index (χ1) is 9.79. The highest BCUT2D eigenvalue weighted by Crippen LogP contribution is 2.34. The van der Waals surface area contributed by atoms with Gasteiger partial charge in [-0.2, -0.15) is 0 Å². The standard InChI is InChI=1S/C17H24FNO2/c1-17(2,3)12-5-4-9-19(10-8-12)16(21)14-7-6-13(20)11-15(14)18/h6-7,11-12,20H,4-5,8-10H2,1-3H3. The number of nitrogens with zero attached hydrogens (tertiary/aromatic N) is 1. The average Bonchev–Trinajstić information content (AvgIpc) is 2.63. The lowest BCUT2D eigenvalue weighted by molar-refractivity contribution is 0.0751. The normalized spacial score (nSPS) is 20.2. The summed E-state index contributed by atoms with van der Waals surface area (Å²) in [6, 6.07) is 3.70. The van der Waals surface area contributed by atoms with Gasteiger partial charge in [-0.25, -0.2) is 4.39 Å². The first-order valence-electron chi connectivity index (χ1n) is 7.57. The van der Waals surface area contributed by atoms with Gasteiger partial charge in [-0.05, 0) is 42.7 Å². The third-order valence-corrected chi connectivity index (χ3v) is 4.42. The Balaban J connectivity index is 2.10. The van der Waals surface area contributed by atoms with Crippen molar-refractivity contribution in [2.45, 2.75) is 40.0 Å². The van der Waals surface area contributed by atoms with Gasteiger partial charge in [0.1, 0.15) is 11.6 Å². The third kappa shape index (κ3) is 3.74. The number of phenolic OH excluding ortho intramolecular Hbond substituents is 1. The fourth-order valence-electron chi connectivity index (χ4n) is 3.01. The first kappa shape index (κ1) is 15.8. The molecule has 1 atom stereocenters. The quantitative estimate of drug-likeness (QED) is 0.855. The molecule has 0 aromatic heterocycles. The lowest BCUT2D eigenvalue weighted by Crippen LogP contribution is -2.33. The molecule has 0 spiro atoms. The summed E-state index contributed by atoms with van der Waals surface area (Å²) in [5.41, 5.74) is 0.282. The van der Waals surface area contributed by atoms with Gasteiger partial charge < -0.3 is 10.0 Å². The number of halogens is 1. The van der Waals surface area contributed by atoms with Gasteiger partial charge in [-0.1, -0.05) is 20.8 Å². The van der Waals surface area contributed by atoms with Crippen molar-refractivity contribution in [3.8, 4) is 5.75 Å². The second kappa shape index (κ2) is 6.04. The van der Waals surface area contributed by atoms with Gasteiger partial charge >= 0.3 is 0 Å². The van der Waals surface area contributed by atoms with E-state index in [1.165, 1.54) is 12.1 Å². The number of aromatic hydroxyl groups is 1. The van der Waals surface area contributed by atoms with Crippen LogP contribution in [0.3, 0.4) is 0 Å². The van der Waals surface area contributed by atoms with Gasteiger partial charge in [0, 0.05) is 19.2 Å². The molecule has 2 rings (SSSR count). The molecule has 1 unspecified atom stereocenters. The molecule has 4 heteroatoms. The molecule has 0 radical (unpaired) electrons. The summed E-state index contributed by atoms with van der Waals surface area (Å²) in [6.07, 6.45) is 3.01. The van der Waals surface area contributed by atoms with Crippen molar-refractivity contribution in [3.63, 3.8) is 0 Å². The maximum atomic E-state index is 13.8. The van der Waals surface area contributed by atoms with Crippen LogP contribution in [0.25, 0.3) is 0 Å². The van der Waals surface area contributed by atoms with E-state index < -0.39 is 5.82 Å². The molecule has 0 saturated carbocycles. The predicted molar refractivity (Wildman–Crippen MR) is 80.8 cm³/mol. The van der Waals surface area contributed by atoms with Crippen LogP contribution < -0.4 is 0 Å². The van der Waals surface area contributed by atoms with Crippen molar-refractivity contribution in [2.24, 2.45) is 11.3 Å². The predicted octanol–water partition coefficient (Wildman–Crippen LogP) is 3.82. The van der Waals surface area contributed by atoms with Crippen LogP contribution in [0, 0.1) is 17.2 Å². The van der Waals surface area contributed by atoms with Crippen LogP contribution in [-0.2, 0) is 0 Å². The zero-order valence-electron chi connectivity index (χ0n) is 13.0. The zero-order chi connectivity index (χ0) is 15.6. The lowest BCUT2D eigenvalue weighted by Gasteiger charge is -2.29. The van der Waals surface area contributed by atoms with Crippen LogP contribution in [0.2, 0.25) is 0 Å². The smallest absolute Gasteiger partial charge is 0.256 e. The van der Waals surface area contributed by atoms with Crippen LogP contribution in [-0.4, -0.2) is 29.0 Å². The summed E-state index contributed by atoms with van der Waals surface area (Å²) < 4.78 is 13.8. The van der Waals surface area contributed by atoms with Crippen molar-refractivity contribution < 1.29 is 14.3 Å². The Morgan fingerprint density at radius 3 is 2.62 bits per heavy atom. The van der Waals surface area contributed by atoms with E-state index in [0.29, 0.717) is 19.0 Å². The van der Waals surface area contributed by atoms with Gasteiger partial charge in [0.05, 0.1) is 5.56 Å². The summed E-state index contributed by atoms with van der Waals surface area (Å²) in [6.45, 7) is 8.03. The number of phenols is 1. The Kier molecular flexibility index (Phi) is 4.55. The van der Waals surface area contributed by atoms with Crippen LogP contribution in [0.15, 0.2) is 18.2 Å². The molecule has 0 bridgehead atoms. The molecule has 1 aliphatic rings. The summed E-state index contributed by atoms with van der Waals surface area (Å²) in [5, 5.41) is 9.23. The van der Waals surface area contributed by atoms with E-state index in [1.807, 2.05) is 0 Å². The Morgan fingerprint density at radius 1 is 1.29 bits per heavy atom. The second-order valence-corrected chi connectivity index (χ2v) is 6.95. The van der Waals surface area contributed by atoms with Gasteiger partial charge in [0.2, 0.25) is 0 Å². The molecule has 3 nitrogen and oxygen atoms in total.